The number of ether oxygens (including phenoxy) is 1. The Kier molecular flexibility index (Phi) is 6.00. The summed E-state index contributed by atoms with van der Waals surface area (Å²) in [5.41, 5.74) is 2.59. The quantitative estimate of drug-likeness (QED) is 0.561. The van der Waals surface area contributed by atoms with Gasteiger partial charge in [0.05, 0.1) is 0 Å². The van der Waals surface area contributed by atoms with Gasteiger partial charge in [-0.3, -0.25) is 9.59 Å². The smallest absolute Gasteiger partial charge is 0.255 e. The molecule has 2 amide bonds. The molecule has 0 saturated heterocycles. The number of amides is 2. The second kappa shape index (κ2) is 9.01. The van der Waals surface area contributed by atoms with Crippen molar-refractivity contribution >= 4 is 29.1 Å². The highest BCUT2D eigenvalue weighted by atomic mass is 35.5. The first-order chi connectivity index (χ1) is 14.6. The maximum absolute atomic E-state index is 12.6. The number of hydrogen-bond donors (Lipinski definition) is 2. The normalized spacial score (nSPS) is 12.8. The number of hydrogen-bond acceptors (Lipinski definition) is 3. The summed E-state index contributed by atoms with van der Waals surface area (Å²) in [5, 5.41) is 6.45. The molecule has 0 aromatic heterocycles. The van der Waals surface area contributed by atoms with Crippen molar-refractivity contribution in [3.8, 4) is 5.75 Å². The molecule has 1 aliphatic rings. The molecule has 3 aromatic carbocycles. The summed E-state index contributed by atoms with van der Waals surface area (Å²) in [4.78, 5) is 24.7. The summed E-state index contributed by atoms with van der Waals surface area (Å²) in [5.74, 6) is 0.380. The average molecular weight is 421 g/mol. The third-order valence-electron chi connectivity index (χ3n) is 4.73. The first-order valence-corrected chi connectivity index (χ1v) is 10.1. The molecule has 0 heterocycles. The van der Waals surface area contributed by atoms with E-state index in [1.54, 1.807) is 48.5 Å². The number of rotatable bonds is 7. The minimum Gasteiger partial charge on any atom is -0.489 e. The second-order valence-electron chi connectivity index (χ2n) is 7.22. The van der Waals surface area contributed by atoms with Gasteiger partial charge < -0.3 is 15.4 Å². The van der Waals surface area contributed by atoms with E-state index >= 15 is 0 Å². The van der Waals surface area contributed by atoms with Crippen molar-refractivity contribution in [2.45, 2.75) is 25.5 Å². The fraction of sp³-hybridized carbons (Fsp3) is 0.167. The lowest BCUT2D eigenvalue weighted by atomic mass is 10.1. The maximum Gasteiger partial charge on any atom is 0.255 e. The SMILES string of the molecule is O=C(Nc1cccc(C(=O)NC2CC2)c1)c1ccc(COc2ccc(Cl)cc2)cc1. The molecule has 0 unspecified atom stereocenters. The molecule has 0 radical (unpaired) electrons. The fourth-order valence-corrected chi connectivity index (χ4v) is 3.01. The highest BCUT2D eigenvalue weighted by molar-refractivity contribution is 6.30. The predicted octanol–water partition coefficient (Wildman–Crippen LogP) is 5.06. The van der Waals surface area contributed by atoms with Crippen molar-refractivity contribution in [3.05, 3.63) is 94.5 Å². The molecule has 1 aliphatic carbocycles. The van der Waals surface area contributed by atoms with E-state index in [9.17, 15) is 9.59 Å². The Balaban J connectivity index is 1.34. The Labute approximate surface area is 180 Å². The van der Waals surface area contributed by atoms with Crippen molar-refractivity contribution in [1.82, 2.24) is 5.32 Å². The van der Waals surface area contributed by atoms with Crippen molar-refractivity contribution in [2.75, 3.05) is 5.32 Å². The van der Waals surface area contributed by atoms with E-state index in [1.807, 2.05) is 24.3 Å². The second-order valence-corrected chi connectivity index (χ2v) is 7.66. The van der Waals surface area contributed by atoms with Crippen LogP contribution in [0.15, 0.2) is 72.8 Å². The Morgan fingerprint density at radius 2 is 1.63 bits per heavy atom. The summed E-state index contributed by atoms with van der Waals surface area (Å²) in [6.07, 6.45) is 2.06. The fourth-order valence-electron chi connectivity index (χ4n) is 2.89. The molecule has 30 heavy (non-hydrogen) atoms. The summed E-state index contributed by atoms with van der Waals surface area (Å²) < 4.78 is 5.71. The van der Waals surface area contributed by atoms with Crippen LogP contribution in [0.3, 0.4) is 0 Å². The van der Waals surface area contributed by atoms with Crippen LogP contribution in [0, 0.1) is 0 Å². The molecule has 4 rings (SSSR count). The molecule has 0 atom stereocenters. The van der Waals surface area contributed by atoms with E-state index in [-0.39, 0.29) is 17.9 Å². The van der Waals surface area contributed by atoms with Crippen molar-refractivity contribution in [2.24, 2.45) is 0 Å². The predicted molar refractivity (Wildman–Crippen MR) is 117 cm³/mol. The first kappa shape index (κ1) is 20.0. The molecular weight excluding hydrogens is 400 g/mol. The van der Waals surface area contributed by atoms with Gasteiger partial charge in [0.2, 0.25) is 0 Å². The van der Waals surface area contributed by atoms with E-state index in [0.29, 0.717) is 28.4 Å². The standard InChI is InChI=1S/C24H21ClN2O3/c25-19-8-12-22(13-9-19)30-15-16-4-6-17(7-5-16)23(28)27-21-3-1-2-18(14-21)24(29)26-20-10-11-20/h1-9,12-14,20H,10-11,15H2,(H,26,29)(H,27,28). The Bertz CT molecular complexity index is 1040. The molecule has 1 fully saturated rings. The van der Waals surface area contributed by atoms with Crippen molar-refractivity contribution in [1.29, 1.82) is 0 Å². The maximum atomic E-state index is 12.6. The number of carbonyl (C=O) groups excluding carboxylic acids is 2. The van der Waals surface area contributed by atoms with Gasteiger partial charge in [-0.2, -0.15) is 0 Å². The number of halogens is 1. The van der Waals surface area contributed by atoms with Gasteiger partial charge in [0.1, 0.15) is 12.4 Å². The molecule has 0 bridgehead atoms. The molecule has 3 aromatic rings. The van der Waals surface area contributed by atoms with Gasteiger partial charge in [0, 0.05) is 27.9 Å². The Morgan fingerprint density at radius 1 is 0.900 bits per heavy atom. The molecule has 0 spiro atoms. The van der Waals surface area contributed by atoms with Gasteiger partial charge in [-0.15, -0.1) is 0 Å². The molecule has 2 N–H and O–H groups in total. The lowest BCUT2D eigenvalue weighted by Gasteiger charge is -2.09. The minimum atomic E-state index is -0.236. The van der Waals surface area contributed by atoms with E-state index < -0.39 is 0 Å². The summed E-state index contributed by atoms with van der Waals surface area (Å²) >= 11 is 5.87. The van der Waals surface area contributed by atoms with Crippen LogP contribution in [0.2, 0.25) is 5.02 Å². The van der Waals surface area contributed by atoms with Gasteiger partial charge in [-0.1, -0.05) is 29.8 Å². The molecule has 5 nitrogen and oxygen atoms in total. The van der Waals surface area contributed by atoms with Crippen LogP contribution in [0.1, 0.15) is 39.1 Å². The number of nitrogens with one attached hydrogen (secondary N) is 2. The number of anilines is 1. The van der Waals surface area contributed by atoms with E-state index in [0.717, 1.165) is 24.2 Å². The van der Waals surface area contributed by atoms with E-state index in [2.05, 4.69) is 10.6 Å². The van der Waals surface area contributed by atoms with Crippen LogP contribution in [0.5, 0.6) is 5.75 Å². The van der Waals surface area contributed by atoms with Crippen LogP contribution in [0.25, 0.3) is 0 Å². The van der Waals surface area contributed by atoms with Crippen LogP contribution in [-0.4, -0.2) is 17.9 Å². The summed E-state index contributed by atoms with van der Waals surface area (Å²) in [7, 11) is 0. The third kappa shape index (κ3) is 5.39. The monoisotopic (exact) mass is 420 g/mol. The third-order valence-corrected chi connectivity index (χ3v) is 4.98. The molecule has 1 saturated carbocycles. The summed E-state index contributed by atoms with van der Waals surface area (Å²) in [6.45, 7) is 0.391. The molecular formula is C24H21ClN2O3. The first-order valence-electron chi connectivity index (χ1n) is 9.76. The molecule has 152 valence electrons. The van der Waals surface area contributed by atoms with Crippen LogP contribution < -0.4 is 15.4 Å². The highest BCUT2D eigenvalue weighted by Crippen LogP contribution is 2.20. The van der Waals surface area contributed by atoms with Crippen molar-refractivity contribution in [3.63, 3.8) is 0 Å². The van der Waals surface area contributed by atoms with Gasteiger partial charge in [0.15, 0.2) is 0 Å². The van der Waals surface area contributed by atoms with Crippen LogP contribution >= 0.6 is 11.6 Å². The minimum absolute atomic E-state index is 0.112. The van der Waals surface area contributed by atoms with E-state index in [4.69, 9.17) is 16.3 Å². The topological polar surface area (TPSA) is 67.4 Å². The lowest BCUT2D eigenvalue weighted by Crippen LogP contribution is -2.25. The zero-order chi connectivity index (χ0) is 20.9. The Hall–Kier alpha value is -3.31. The van der Waals surface area contributed by atoms with Gasteiger partial charge >= 0.3 is 0 Å². The highest BCUT2D eigenvalue weighted by Gasteiger charge is 2.23. The van der Waals surface area contributed by atoms with Crippen molar-refractivity contribution < 1.29 is 14.3 Å². The lowest BCUT2D eigenvalue weighted by molar-refractivity contribution is 0.0949. The summed E-state index contributed by atoms with van der Waals surface area (Å²) in [6, 6.07) is 21.6. The largest absolute Gasteiger partial charge is 0.489 e. The Morgan fingerprint density at radius 3 is 2.33 bits per heavy atom. The zero-order valence-corrected chi connectivity index (χ0v) is 17.0. The van der Waals surface area contributed by atoms with Crippen LogP contribution in [-0.2, 0) is 6.61 Å². The molecule has 0 aliphatic heterocycles. The van der Waals surface area contributed by atoms with Gasteiger partial charge in [0.25, 0.3) is 11.8 Å². The average Bonchev–Trinajstić information content (AvgIpc) is 3.58. The van der Waals surface area contributed by atoms with E-state index in [1.165, 1.54) is 0 Å². The zero-order valence-electron chi connectivity index (χ0n) is 16.2. The van der Waals surface area contributed by atoms with Gasteiger partial charge in [-0.05, 0) is 73.0 Å². The molecule has 6 heteroatoms. The number of benzene rings is 3. The van der Waals surface area contributed by atoms with Gasteiger partial charge in [-0.25, -0.2) is 0 Å². The number of carbonyl (C=O) groups is 2. The van der Waals surface area contributed by atoms with Crippen LogP contribution in [0.4, 0.5) is 5.69 Å².